The average molecular weight is 328 g/mol. The van der Waals surface area contributed by atoms with Gasteiger partial charge < -0.3 is 10.6 Å². The predicted octanol–water partition coefficient (Wildman–Crippen LogP) is 2.64. The number of hydrogen-bond acceptors (Lipinski definition) is 3. The van der Waals surface area contributed by atoms with Crippen molar-refractivity contribution in [2.24, 2.45) is 5.73 Å². The van der Waals surface area contributed by atoms with E-state index in [0.29, 0.717) is 5.69 Å². The molecule has 1 aliphatic rings. The van der Waals surface area contributed by atoms with Crippen LogP contribution in [0, 0.1) is 0 Å². The Balaban J connectivity index is 0.00000110. The number of likely N-dealkylation sites (tertiary alicyclic amines) is 1. The highest BCUT2D eigenvalue weighted by Crippen LogP contribution is 2.19. The number of carbonyl (C=O) groups excluding carboxylic acids is 1. The molecule has 114 valence electrons. The second-order valence-corrected chi connectivity index (χ2v) is 5.01. The summed E-state index contributed by atoms with van der Waals surface area (Å²) in [6.45, 7) is 1.45. The van der Waals surface area contributed by atoms with Gasteiger partial charge >= 0.3 is 0 Å². The topological polar surface area (TPSA) is 59.2 Å². The molecule has 0 saturated carbocycles. The molecule has 6 heteroatoms. The highest BCUT2D eigenvalue weighted by Gasteiger charge is 2.23. The number of piperidine rings is 1. The lowest BCUT2D eigenvalue weighted by Gasteiger charge is -2.30. The molecular weight excluding hydrogens is 309 g/mol. The van der Waals surface area contributed by atoms with Gasteiger partial charge in [0.1, 0.15) is 5.69 Å². The van der Waals surface area contributed by atoms with Crippen molar-refractivity contribution in [3.8, 4) is 0 Å². The Morgan fingerprint density at radius 1 is 1.14 bits per heavy atom. The molecule has 0 spiro atoms. The fourth-order valence-corrected chi connectivity index (χ4v) is 2.54. The molecule has 1 aromatic carbocycles. The smallest absolute Gasteiger partial charge is 0.273 e. The third kappa shape index (κ3) is 3.64. The molecule has 0 atom stereocenters. The fourth-order valence-electron chi connectivity index (χ4n) is 2.54. The number of nitrogens with two attached hydrogens (primary N) is 1. The standard InChI is InChI=1S/C15H17N3O.2ClH/c16-12-6-9-18(10-7-12)15(19)14-13-4-2-1-3-11(13)5-8-17-14;;/h1-5,8,12H,6-7,9-10,16H2;2*1H. The van der Waals surface area contributed by atoms with Crippen molar-refractivity contribution in [1.82, 2.24) is 9.88 Å². The zero-order valence-electron chi connectivity index (χ0n) is 11.6. The zero-order valence-corrected chi connectivity index (χ0v) is 13.2. The minimum Gasteiger partial charge on any atom is -0.337 e. The van der Waals surface area contributed by atoms with Crippen LogP contribution >= 0.6 is 24.8 Å². The Morgan fingerprint density at radius 2 is 1.81 bits per heavy atom. The van der Waals surface area contributed by atoms with Crippen molar-refractivity contribution in [3.63, 3.8) is 0 Å². The molecule has 0 radical (unpaired) electrons. The Hall–Kier alpha value is -1.36. The maximum absolute atomic E-state index is 12.5. The third-order valence-corrected chi connectivity index (χ3v) is 3.70. The van der Waals surface area contributed by atoms with Crippen LogP contribution in [0.15, 0.2) is 36.5 Å². The van der Waals surface area contributed by atoms with Gasteiger partial charge in [0.2, 0.25) is 0 Å². The lowest BCUT2D eigenvalue weighted by molar-refractivity contribution is 0.0711. The van der Waals surface area contributed by atoms with E-state index in [-0.39, 0.29) is 36.8 Å². The first-order valence-electron chi connectivity index (χ1n) is 6.64. The maximum Gasteiger partial charge on any atom is 0.273 e. The lowest BCUT2D eigenvalue weighted by atomic mass is 10.0. The molecule has 0 unspecified atom stereocenters. The fraction of sp³-hybridized carbons (Fsp3) is 0.333. The Morgan fingerprint density at radius 3 is 2.52 bits per heavy atom. The first-order chi connectivity index (χ1) is 9.25. The molecule has 3 rings (SSSR count). The van der Waals surface area contributed by atoms with E-state index >= 15 is 0 Å². The first kappa shape index (κ1) is 17.7. The number of nitrogens with zero attached hydrogens (tertiary/aromatic N) is 2. The van der Waals surface area contributed by atoms with E-state index in [1.54, 1.807) is 6.20 Å². The van der Waals surface area contributed by atoms with Crippen LogP contribution in [0.25, 0.3) is 10.8 Å². The first-order valence-corrected chi connectivity index (χ1v) is 6.64. The number of fused-ring (bicyclic) bond motifs is 1. The minimum atomic E-state index is 0. The molecule has 1 aliphatic heterocycles. The van der Waals surface area contributed by atoms with Crippen LogP contribution in [0.1, 0.15) is 23.3 Å². The molecule has 2 heterocycles. The molecule has 1 aromatic heterocycles. The van der Waals surface area contributed by atoms with Gasteiger partial charge in [0.05, 0.1) is 0 Å². The van der Waals surface area contributed by atoms with E-state index in [4.69, 9.17) is 5.73 Å². The second-order valence-electron chi connectivity index (χ2n) is 5.01. The van der Waals surface area contributed by atoms with Crippen LogP contribution in [0.5, 0.6) is 0 Å². The summed E-state index contributed by atoms with van der Waals surface area (Å²) in [5.41, 5.74) is 6.42. The van der Waals surface area contributed by atoms with Gasteiger partial charge in [-0.2, -0.15) is 0 Å². The molecule has 2 N–H and O–H groups in total. The van der Waals surface area contributed by atoms with E-state index in [1.807, 2.05) is 35.2 Å². The number of halogens is 2. The van der Waals surface area contributed by atoms with Crippen LogP contribution in [-0.4, -0.2) is 34.9 Å². The number of rotatable bonds is 1. The molecule has 0 bridgehead atoms. The normalized spacial score (nSPS) is 15.2. The van der Waals surface area contributed by atoms with Gasteiger partial charge in [-0.05, 0) is 24.3 Å². The van der Waals surface area contributed by atoms with E-state index in [2.05, 4.69) is 4.98 Å². The number of aromatic nitrogens is 1. The lowest BCUT2D eigenvalue weighted by Crippen LogP contribution is -2.43. The van der Waals surface area contributed by atoms with Crippen LogP contribution < -0.4 is 5.73 Å². The predicted molar refractivity (Wildman–Crippen MR) is 89.4 cm³/mol. The quantitative estimate of drug-likeness (QED) is 0.875. The van der Waals surface area contributed by atoms with Crippen LogP contribution in [0.2, 0.25) is 0 Å². The molecule has 1 fully saturated rings. The number of amides is 1. The van der Waals surface area contributed by atoms with Crippen LogP contribution in [0.4, 0.5) is 0 Å². The van der Waals surface area contributed by atoms with Gasteiger partial charge in [-0.3, -0.25) is 9.78 Å². The number of pyridine rings is 1. The minimum absolute atomic E-state index is 0. The van der Waals surface area contributed by atoms with Crippen molar-refractivity contribution in [1.29, 1.82) is 0 Å². The molecule has 1 saturated heterocycles. The largest absolute Gasteiger partial charge is 0.337 e. The average Bonchev–Trinajstić information content (AvgIpc) is 2.47. The van der Waals surface area contributed by atoms with Crippen molar-refractivity contribution in [3.05, 3.63) is 42.2 Å². The summed E-state index contributed by atoms with van der Waals surface area (Å²) in [5, 5.41) is 1.97. The summed E-state index contributed by atoms with van der Waals surface area (Å²) < 4.78 is 0. The molecule has 2 aromatic rings. The summed E-state index contributed by atoms with van der Waals surface area (Å²) in [6, 6.07) is 10.0. The van der Waals surface area contributed by atoms with Crippen molar-refractivity contribution < 1.29 is 4.79 Å². The van der Waals surface area contributed by atoms with Crippen molar-refractivity contribution >= 4 is 41.5 Å². The number of benzene rings is 1. The molecule has 0 aliphatic carbocycles. The van der Waals surface area contributed by atoms with Gasteiger partial charge in [-0.25, -0.2) is 0 Å². The van der Waals surface area contributed by atoms with Crippen molar-refractivity contribution in [2.75, 3.05) is 13.1 Å². The zero-order chi connectivity index (χ0) is 13.2. The van der Waals surface area contributed by atoms with Crippen LogP contribution in [-0.2, 0) is 0 Å². The molecule has 4 nitrogen and oxygen atoms in total. The van der Waals surface area contributed by atoms with Gasteiger partial charge in [-0.1, -0.05) is 24.3 Å². The SMILES string of the molecule is Cl.Cl.NC1CCN(C(=O)c2nccc3ccccc23)CC1. The monoisotopic (exact) mass is 327 g/mol. The summed E-state index contributed by atoms with van der Waals surface area (Å²) in [5.74, 6) is 0.0173. The van der Waals surface area contributed by atoms with E-state index in [1.165, 1.54) is 0 Å². The van der Waals surface area contributed by atoms with Gasteiger partial charge in [0.15, 0.2) is 0 Å². The summed E-state index contributed by atoms with van der Waals surface area (Å²) >= 11 is 0. The molecule has 21 heavy (non-hydrogen) atoms. The number of hydrogen-bond donors (Lipinski definition) is 1. The van der Waals surface area contributed by atoms with Gasteiger partial charge in [-0.15, -0.1) is 24.8 Å². The Bertz CT molecular complexity index is 607. The summed E-state index contributed by atoms with van der Waals surface area (Å²) in [6.07, 6.45) is 3.44. The Labute approximate surface area is 136 Å². The van der Waals surface area contributed by atoms with Crippen LogP contribution in [0.3, 0.4) is 0 Å². The maximum atomic E-state index is 12.5. The van der Waals surface area contributed by atoms with E-state index in [9.17, 15) is 4.79 Å². The number of carbonyl (C=O) groups is 1. The van der Waals surface area contributed by atoms with Gasteiger partial charge in [0.25, 0.3) is 5.91 Å². The Kier molecular flexibility index (Phi) is 6.40. The molecular formula is C15H19Cl2N3O. The highest BCUT2D eigenvalue weighted by atomic mass is 35.5. The summed E-state index contributed by atoms with van der Waals surface area (Å²) in [7, 11) is 0. The van der Waals surface area contributed by atoms with Crippen molar-refractivity contribution in [2.45, 2.75) is 18.9 Å². The van der Waals surface area contributed by atoms with Gasteiger partial charge in [0, 0.05) is 30.7 Å². The third-order valence-electron chi connectivity index (χ3n) is 3.70. The van der Waals surface area contributed by atoms with E-state index < -0.39 is 0 Å². The molecule has 1 amide bonds. The highest BCUT2D eigenvalue weighted by molar-refractivity contribution is 6.05. The van der Waals surface area contributed by atoms with E-state index in [0.717, 1.165) is 36.7 Å². The second kappa shape index (κ2) is 7.59. The summed E-state index contributed by atoms with van der Waals surface area (Å²) in [4.78, 5) is 18.7.